The van der Waals surface area contributed by atoms with Crippen LogP contribution in [0.4, 0.5) is 5.69 Å². The Bertz CT molecular complexity index is 614. The number of rotatable bonds is 3. The summed E-state index contributed by atoms with van der Waals surface area (Å²) in [5.41, 5.74) is 3.14. The number of fused-ring (bicyclic) bond motifs is 1. The Morgan fingerprint density at radius 3 is 2.65 bits per heavy atom. The van der Waals surface area contributed by atoms with Crippen molar-refractivity contribution in [2.24, 2.45) is 0 Å². The van der Waals surface area contributed by atoms with E-state index in [1.165, 1.54) is 0 Å². The van der Waals surface area contributed by atoms with Gasteiger partial charge in [-0.15, -0.1) is 0 Å². The molecule has 2 heterocycles. The van der Waals surface area contributed by atoms with Gasteiger partial charge < -0.3 is 14.8 Å². The average molecular weight is 335 g/mol. The number of nitrogens with one attached hydrogen (secondary N) is 1. The van der Waals surface area contributed by atoms with Gasteiger partial charge in [0.15, 0.2) is 11.5 Å². The third-order valence-corrected chi connectivity index (χ3v) is 3.74. The lowest BCUT2D eigenvalue weighted by Gasteiger charge is -2.20. The Morgan fingerprint density at radius 1 is 1.20 bits per heavy atom. The van der Waals surface area contributed by atoms with Crippen LogP contribution in [0.15, 0.2) is 34.9 Å². The van der Waals surface area contributed by atoms with E-state index >= 15 is 0 Å². The van der Waals surface area contributed by atoms with Gasteiger partial charge in [-0.05, 0) is 34.5 Å². The minimum absolute atomic E-state index is 0.593. The summed E-state index contributed by atoms with van der Waals surface area (Å²) in [6, 6.07) is 7.97. The van der Waals surface area contributed by atoms with Crippen molar-refractivity contribution >= 4 is 21.6 Å². The molecule has 0 saturated carbocycles. The third-order valence-electron chi connectivity index (χ3n) is 3.09. The number of pyridine rings is 1. The fourth-order valence-corrected chi connectivity index (χ4v) is 2.46. The molecule has 104 valence electrons. The lowest BCUT2D eigenvalue weighted by molar-refractivity contribution is 0.171. The molecule has 0 saturated heterocycles. The summed E-state index contributed by atoms with van der Waals surface area (Å²) < 4.78 is 12.1. The maximum atomic E-state index is 5.59. The molecule has 0 bridgehead atoms. The number of ether oxygens (including phenoxy) is 2. The highest BCUT2D eigenvalue weighted by Crippen LogP contribution is 2.38. The molecule has 0 fully saturated rings. The van der Waals surface area contributed by atoms with Gasteiger partial charge >= 0.3 is 0 Å². The molecule has 0 amide bonds. The van der Waals surface area contributed by atoms with Crippen LogP contribution in [0.3, 0.4) is 0 Å². The van der Waals surface area contributed by atoms with Crippen molar-refractivity contribution in [1.29, 1.82) is 0 Å². The molecule has 1 aliphatic rings. The van der Waals surface area contributed by atoms with E-state index in [4.69, 9.17) is 9.47 Å². The predicted octanol–water partition coefficient (Wildman–Crippen LogP) is 3.54. The summed E-state index contributed by atoms with van der Waals surface area (Å²) in [7, 11) is 0. The standard InChI is InChI=1S/C15H15BrN2O2/c1-10-2-3-11(8-17-10)9-18-13-7-15-14(6-12(13)16)19-4-5-20-15/h2-3,6-8,18H,4-5,9H2,1H3. The zero-order chi connectivity index (χ0) is 13.9. The monoisotopic (exact) mass is 334 g/mol. The van der Waals surface area contributed by atoms with E-state index in [9.17, 15) is 0 Å². The number of nitrogens with zero attached hydrogens (tertiary/aromatic N) is 1. The predicted molar refractivity (Wildman–Crippen MR) is 81.4 cm³/mol. The molecular weight excluding hydrogens is 320 g/mol. The van der Waals surface area contributed by atoms with E-state index in [0.29, 0.717) is 19.8 Å². The van der Waals surface area contributed by atoms with Crippen LogP contribution in [-0.4, -0.2) is 18.2 Å². The summed E-state index contributed by atoms with van der Waals surface area (Å²) in [5.74, 6) is 1.56. The first-order valence-electron chi connectivity index (χ1n) is 6.47. The maximum Gasteiger partial charge on any atom is 0.163 e. The Hall–Kier alpha value is -1.75. The molecular formula is C15H15BrN2O2. The normalized spacial score (nSPS) is 13.1. The number of anilines is 1. The minimum atomic E-state index is 0.593. The molecule has 0 unspecified atom stereocenters. The highest BCUT2D eigenvalue weighted by molar-refractivity contribution is 9.10. The second kappa shape index (κ2) is 5.71. The first kappa shape index (κ1) is 13.2. The first-order chi connectivity index (χ1) is 9.72. The van der Waals surface area contributed by atoms with Crippen LogP contribution in [-0.2, 0) is 6.54 Å². The van der Waals surface area contributed by atoms with Crippen LogP contribution < -0.4 is 14.8 Å². The van der Waals surface area contributed by atoms with Gasteiger partial charge in [-0.25, -0.2) is 0 Å². The van der Waals surface area contributed by atoms with Crippen LogP contribution in [0, 0.1) is 6.92 Å². The molecule has 4 nitrogen and oxygen atoms in total. The summed E-state index contributed by atoms with van der Waals surface area (Å²) in [4.78, 5) is 4.29. The summed E-state index contributed by atoms with van der Waals surface area (Å²) in [6.07, 6.45) is 1.88. The van der Waals surface area contributed by atoms with Gasteiger partial charge in [-0.3, -0.25) is 4.98 Å². The van der Waals surface area contributed by atoms with Crippen molar-refractivity contribution in [3.63, 3.8) is 0 Å². The Labute approximate surface area is 126 Å². The van der Waals surface area contributed by atoms with Gasteiger partial charge in [-0.1, -0.05) is 6.07 Å². The van der Waals surface area contributed by atoms with Crippen molar-refractivity contribution in [3.05, 3.63) is 46.2 Å². The molecule has 1 aliphatic heterocycles. The summed E-state index contributed by atoms with van der Waals surface area (Å²) >= 11 is 3.55. The summed E-state index contributed by atoms with van der Waals surface area (Å²) in [6.45, 7) is 3.89. The van der Waals surface area contributed by atoms with E-state index in [0.717, 1.165) is 32.9 Å². The van der Waals surface area contributed by atoms with Crippen molar-refractivity contribution in [1.82, 2.24) is 4.98 Å². The highest BCUT2D eigenvalue weighted by Gasteiger charge is 2.14. The van der Waals surface area contributed by atoms with Crippen LogP contribution in [0.5, 0.6) is 11.5 Å². The number of hydrogen-bond acceptors (Lipinski definition) is 4. The fourth-order valence-electron chi connectivity index (χ4n) is 2.00. The number of halogens is 1. The van der Waals surface area contributed by atoms with Crippen LogP contribution in [0.2, 0.25) is 0 Å². The lowest BCUT2D eigenvalue weighted by atomic mass is 10.2. The minimum Gasteiger partial charge on any atom is -0.486 e. The Morgan fingerprint density at radius 2 is 1.95 bits per heavy atom. The second-order valence-electron chi connectivity index (χ2n) is 4.64. The number of benzene rings is 1. The van der Waals surface area contributed by atoms with E-state index in [1.807, 2.05) is 31.3 Å². The lowest BCUT2D eigenvalue weighted by Crippen LogP contribution is -2.15. The van der Waals surface area contributed by atoms with E-state index in [1.54, 1.807) is 0 Å². The number of hydrogen-bond donors (Lipinski definition) is 1. The third kappa shape index (κ3) is 2.88. The smallest absolute Gasteiger partial charge is 0.163 e. The Kier molecular flexibility index (Phi) is 3.78. The van der Waals surface area contributed by atoms with Gasteiger partial charge in [0.25, 0.3) is 0 Å². The SMILES string of the molecule is Cc1ccc(CNc2cc3c(cc2Br)OCCO3)cn1. The summed E-state index contributed by atoms with van der Waals surface area (Å²) in [5, 5.41) is 3.38. The molecule has 20 heavy (non-hydrogen) atoms. The molecule has 3 rings (SSSR count). The zero-order valence-electron chi connectivity index (χ0n) is 11.1. The fraction of sp³-hybridized carbons (Fsp3) is 0.267. The zero-order valence-corrected chi connectivity index (χ0v) is 12.7. The quantitative estimate of drug-likeness (QED) is 0.932. The number of aryl methyl sites for hydroxylation is 1. The molecule has 1 N–H and O–H groups in total. The number of aromatic nitrogens is 1. The Balaban J connectivity index is 1.75. The van der Waals surface area contributed by atoms with Crippen molar-refractivity contribution in [3.8, 4) is 11.5 Å². The van der Waals surface area contributed by atoms with Crippen LogP contribution >= 0.6 is 15.9 Å². The molecule has 0 spiro atoms. The molecule has 0 aliphatic carbocycles. The topological polar surface area (TPSA) is 43.4 Å². The van der Waals surface area contributed by atoms with Crippen LogP contribution in [0.25, 0.3) is 0 Å². The first-order valence-corrected chi connectivity index (χ1v) is 7.26. The van der Waals surface area contributed by atoms with Crippen LogP contribution in [0.1, 0.15) is 11.3 Å². The van der Waals surface area contributed by atoms with Gasteiger partial charge in [0, 0.05) is 35.0 Å². The van der Waals surface area contributed by atoms with Crippen molar-refractivity contribution in [2.75, 3.05) is 18.5 Å². The van der Waals surface area contributed by atoms with E-state index in [2.05, 4.69) is 32.3 Å². The van der Waals surface area contributed by atoms with Gasteiger partial charge in [0.05, 0.1) is 5.69 Å². The van der Waals surface area contributed by atoms with E-state index in [-0.39, 0.29) is 0 Å². The molecule has 2 aromatic rings. The molecule has 1 aromatic carbocycles. The van der Waals surface area contributed by atoms with Gasteiger partial charge in [-0.2, -0.15) is 0 Å². The van der Waals surface area contributed by atoms with Gasteiger partial charge in [0.2, 0.25) is 0 Å². The molecule has 0 radical (unpaired) electrons. The average Bonchev–Trinajstić information content (AvgIpc) is 2.47. The second-order valence-corrected chi connectivity index (χ2v) is 5.49. The maximum absolute atomic E-state index is 5.59. The van der Waals surface area contributed by atoms with Crippen molar-refractivity contribution < 1.29 is 9.47 Å². The highest BCUT2D eigenvalue weighted by atomic mass is 79.9. The molecule has 5 heteroatoms. The molecule has 1 aromatic heterocycles. The molecule has 0 atom stereocenters. The largest absolute Gasteiger partial charge is 0.486 e. The van der Waals surface area contributed by atoms with Gasteiger partial charge in [0.1, 0.15) is 13.2 Å². The van der Waals surface area contributed by atoms with E-state index < -0.39 is 0 Å². The van der Waals surface area contributed by atoms with Crippen molar-refractivity contribution in [2.45, 2.75) is 13.5 Å².